The van der Waals surface area contributed by atoms with Gasteiger partial charge in [0, 0.05) is 0 Å². The zero-order valence-corrected chi connectivity index (χ0v) is 11.8. The first kappa shape index (κ1) is 22.5. The predicted molar refractivity (Wildman–Crippen MR) is 45.4 cm³/mol. The van der Waals surface area contributed by atoms with Crippen molar-refractivity contribution in [2.24, 2.45) is 0 Å². The topological polar surface area (TPSA) is 0 Å². The molecule has 0 aromatic rings. The number of rotatable bonds is 0. The van der Waals surface area contributed by atoms with E-state index in [9.17, 15) is 0 Å². The Bertz CT molecular complexity index is 13.6. The Labute approximate surface area is 78.6 Å². The largest absolute Gasteiger partial charge is 2.00 e. The molecule has 0 saturated carbocycles. The van der Waals surface area contributed by atoms with Crippen molar-refractivity contribution in [1.82, 2.24) is 0 Å². The maximum absolute atomic E-state index is 3.25. The van der Waals surface area contributed by atoms with Gasteiger partial charge in [-0.3, -0.25) is 0 Å². The number of hydrogen-bond acceptors (Lipinski definition) is 0. The summed E-state index contributed by atoms with van der Waals surface area (Å²) in [6, 6.07) is 0. The van der Waals surface area contributed by atoms with Gasteiger partial charge in [-0.2, -0.15) is 13.8 Å². The van der Waals surface area contributed by atoms with E-state index >= 15 is 0 Å². The molecule has 0 radical (unpaired) electrons. The summed E-state index contributed by atoms with van der Waals surface area (Å²) in [5.74, 6) is 6.92. The fourth-order valence-electron chi connectivity index (χ4n) is 0. The molecule has 0 aliphatic rings. The van der Waals surface area contributed by atoms with Crippen LogP contribution in [0.2, 0.25) is 17.4 Å². The molecule has 0 unspecified atom stereocenters. The van der Waals surface area contributed by atoms with Crippen molar-refractivity contribution in [2.75, 3.05) is 0 Å². The van der Waals surface area contributed by atoms with Crippen LogP contribution in [0.3, 0.4) is 0 Å². The molecule has 0 aliphatic heterocycles. The Hall–Kier alpha value is 1.16. The summed E-state index contributed by atoms with van der Waals surface area (Å²) < 4.78 is 0. The normalized spacial score (nSPS) is 4.33. The van der Waals surface area contributed by atoms with Crippen LogP contribution in [-0.2, 0) is 19.5 Å². The number of hydrogen-bond donors (Lipinski definition) is 0. The summed E-state index contributed by atoms with van der Waals surface area (Å²) in [5, 5.41) is 0. The molecule has 0 bridgehead atoms. The SMILES string of the molecule is [CH2-]C.[CH2-]C.[CH3][Al]([CH3])[CH3].[Zn+2]. The van der Waals surface area contributed by atoms with Gasteiger partial charge in [-0.25, -0.2) is 0 Å². The summed E-state index contributed by atoms with van der Waals surface area (Å²) in [6.07, 6.45) is 0. The van der Waals surface area contributed by atoms with Gasteiger partial charge in [0.25, 0.3) is 14.1 Å². The van der Waals surface area contributed by atoms with Crippen molar-refractivity contribution in [1.29, 1.82) is 0 Å². The molecule has 0 saturated heterocycles. The molecule has 0 rings (SSSR count). The average Bonchev–Trinajstić information content (AvgIpc) is 1.75. The predicted octanol–water partition coefficient (Wildman–Crippen LogP) is 3.05. The summed E-state index contributed by atoms with van der Waals surface area (Å²) in [7, 11) is 0. The zero-order valence-electron chi connectivity index (χ0n) is 7.70. The summed E-state index contributed by atoms with van der Waals surface area (Å²) >= 11 is -0.139. The maximum Gasteiger partial charge on any atom is 2.00 e. The molecule has 2 heteroatoms. The second kappa shape index (κ2) is 35.3. The van der Waals surface area contributed by atoms with E-state index in [1.54, 1.807) is 13.8 Å². The molecule has 0 amide bonds. The minimum atomic E-state index is -0.139. The fraction of sp³-hybridized carbons (Fsp3) is 0.714. The second-order valence-electron chi connectivity index (χ2n) is 1.73. The monoisotopic (exact) mass is 194 g/mol. The molecule has 9 heavy (non-hydrogen) atoms. The fourth-order valence-corrected chi connectivity index (χ4v) is 0. The molecule has 0 fully saturated rings. The molecule has 0 heterocycles. The van der Waals surface area contributed by atoms with Gasteiger partial charge in [0.1, 0.15) is 0 Å². The third-order valence-corrected chi connectivity index (χ3v) is 0. The summed E-state index contributed by atoms with van der Waals surface area (Å²) in [6.45, 7) is 10.0. The van der Waals surface area contributed by atoms with Crippen LogP contribution in [0.15, 0.2) is 0 Å². The van der Waals surface area contributed by atoms with Crippen molar-refractivity contribution >= 4 is 14.1 Å². The summed E-state index contributed by atoms with van der Waals surface area (Å²) in [5.41, 5.74) is 0. The van der Waals surface area contributed by atoms with Crippen LogP contribution in [0.5, 0.6) is 0 Å². The Balaban J connectivity index is -0.0000000221. The molecule has 0 nitrogen and oxygen atoms in total. The summed E-state index contributed by atoms with van der Waals surface area (Å²) in [4.78, 5) is 0. The Morgan fingerprint density at radius 2 is 0.778 bits per heavy atom. The first-order chi connectivity index (χ1) is 3.73. The van der Waals surface area contributed by atoms with Crippen molar-refractivity contribution in [3.8, 4) is 0 Å². The molecule has 0 aromatic heterocycles. The zero-order chi connectivity index (χ0) is 7.58. The van der Waals surface area contributed by atoms with Gasteiger partial charge < -0.3 is 13.8 Å². The van der Waals surface area contributed by atoms with E-state index in [4.69, 9.17) is 0 Å². The minimum absolute atomic E-state index is 0. The molecule has 0 aromatic carbocycles. The van der Waals surface area contributed by atoms with Gasteiger partial charge in [0.05, 0.1) is 0 Å². The average molecular weight is 196 g/mol. The van der Waals surface area contributed by atoms with Gasteiger partial charge in [0.2, 0.25) is 0 Å². The molecule has 0 atom stereocenters. The molecule has 0 N–H and O–H groups in total. The Morgan fingerprint density at radius 3 is 0.778 bits per heavy atom. The first-order valence-corrected chi connectivity index (χ1v) is 6.61. The van der Waals surface area contributed by atoms with Gasteiger partial charge in [-0.1, -0.05) is 0 Å². The van der Waals surface area contributed by atoms with Crippen LogP contribution >= 0.6 is 0 Å². The molecule has 0 aliphatic carbocycles. The minimum Gasteiger partial charge on any atom is -0.346 e. The maximum atomic E-state index is 3.25. The van der Waals surface area contributed by atoms with Crippen molar-refractivity contribution < 1.29 is 19.5 Å². The third-order valence-electron chi connectivity index (χ3n) is 0. The smallest absolute Gasteiger partial charge is 0.346 e. The molecule has 0 spiro atoms. The third kappa shape index (κ3) is 351. The Kier molecular flexibility index (Phi) is 88.0. The molecule has 52 valence electrons. The van der Waals surface area contributed by atoms with Crippen LogP contribution in [0.25, 0.3) is 0 Å². The van der Waals surface area contributed by atoms with Crippen LogP contribution < -0.4 is 0 Å². The van der Waals surface area contributed by atoms with E-state index in [0.29, 0.717) is 0 Å². The van der Waals surface area contributed by atoms with E-state index < -0.39 is 0 Å². The van der Waals surface area contributed by atoms with Crippen molar-refractivity contribution in [3.63, 3.8) is 0 Å². The van der Waals surface area contributed by atoms with Gasteiger partial charge >= 0.3 is 19.5 Å². The van der Waals surface area contributed by atoms with Crippen molar-refractivity contribution in [2.45, 2.75) is 31.2 Å². The second-order valence-corrected chi connectivity index (χ2v) is 5.20. The standard InChI is InChI=1S/2C2H5.3CH3.Al.Zn/c2*1-2;;;;;/h2*1H2,2H3;3*1H3;;/q2*-1;;;;;+2. The molecular formula is C7H19AlZn. The van der Waals surface area contributed by atoms with Crippen LogP contribution in [0, 0.1) is 13.8 Å². The first-order valence-electron chi connectivity index (χ1n) is 3.15. The van der Waals surface area contributed by atoms with Crippen LogP contribution in [0.4, 0.5) is 0 Å². The van der Waals surface area contributed by atoms with E-state index in [-0.39, 0.29) is 33.6 Å². The van der Waals surface area contributed by atoms with E-state index in [1.165, 1.54) is 0 Å². The van der Waals surface area contributed by atoms with E-state index in [1.807, 2.05) is 0 Å². The van der Waals surface area contributed by atoms with Gasteiger partial charge in [-0.05, 0) is 0 Å². The Morgan fingerprint density at radius 1 is 0.778 bits per heavy atom. The van der Waals surface area contributed by atoms with Gasteiger partial charge in [-0.15, -0.1) is 17.4 Å². The van der Waals surface area contributed by atoms with E-state index in [0.717, 1.165) is 0 Å². The van der Waals surface area contributed by atoms with Gasteiger partial charge in [0.15, 0.2) is 0 Å². The van der Waals surface area contributed by atoms with Crippen molar-refractivity contribution in [3.05, 3.63) is 13.8 Å². The molecular weight excluding hydrogens is 176 g/mol. The quantitative estimate of drug-likeness (QED) is 0.412. The van der Waals surface area contributed by atoms with Crippen LogP contribution in [0.1, 0.15) is 13.8 Å². The van der Waals surface area contributed by atoms with Crippen LogP contribution in [-0.4, -0.2) is 14.1 Å². The van der Waals surface area contributed by atoms with E-state index in [2.05, 4.69) is 31.2 Å².